The molecule has 2 aromatic rings. The third kappa shape index (κ3) is 3.05. The summed E-state index contributed by atoms with van der Waals surface area (Å²) in [6.45, 7) is 5.58. The van der Waals surface area contributed by atoms with Crippen molar-refractivity contribution in [2.45, 2.75) is 25.5 Å². The van der Waals surface area contributed by atoms with Gasteiger partial charge in [0.25, 0.3) is 0 Å². The topological polar surface area (TPSA) is 72.0 Å². The van der Waals surface area contributed by atoms with Gasteiger partial charge < -0.3 is 5.32 Å². The van der Waals surface area contributed by atoms with Crippen LogP contribution in [0.1, 0.15) is 18.7 Å². The molecule has 0 saturated carbocycles. The molecule has 0 aliphatic heterocycles. The lowest BCUT2D eigenvalue weighted by Crippen LogP contribution is -2.38. The highest BCUT2D eigenvalue weighted by atomic mass is 35.5. The number of sulfone groups is 1. The SMILES string of the molecule is Cc1cc2c(NCC(C)(C)S(C)(=O)=O)nc(Cl)nc2s1. The molecular weight excluding hydrogens is 318 g/mol. The second-order valence-corrected chi connectivity index (χ2v) is 9.52. The summed E-state index contributed by atoms with van der Waals surface area (Å²) in [4.78, 5) is 10.2. The van der Waals surface area contributed by atoms with Crippen molar-refractivity contribution in [1.29, 1.82) is 0 Å². The molecule has 0 spiro atoms. The maximum Gasteiger partial charge on any atom is 0.225 e. The Morgan fingerprint density at radius 2 is 2.05 bits per heavy atom. The quantitative estimate of drug-likeness (QED) is 0.871. The largest absolute Gasteiger partial charge is 0.368 e. The number of fused-ring (bicyclic) bond motifs is 1. The summed E-state index contributed by atoms with van der Waals surface area (Å²) in [5.41, 5.74) is 0. The van der Waals surface area contributed by atoms with E-state index in [-0.39, 0.29) is 11.8 Å². The molecule has 1 N–H and O–H groups in total. The van der Waals surface area contributed by atoms with Crippen molar-refractivity contribution in [3.05, 3.63) is 16.2 Å². The van der Waals surface area contributed by atoms with Crippen LogP contribution in [0.15, 0.2) is 6.07 Å². The number of aryl methyl sites for hydroxylation is 1. The molecule has 2 rings (SSSR count). The normalized spacial score (nSPS) is 12.8. The fourth-order valence-corrected chi connectivity index (χ4v) is 3.01. The highest BCUT2D eigenvalue weighted by Crippen LogP contribution is 2.30. The van der Waals surface area contributed by atoms with E-state index in [0.717, 1.165) is 15.1 Å². The standard InChI is InChI=1S/C12H16ClN3O2S2/c1-7-5-8-9(15-11(13)16-10(8)19-7)14-6-12(2,3)20(4,17)18/h5H,6H2,1-4H3,(H,14,15,16). The van der Waals surface area contributed by atoms with Crippen LogP contribution in [-0.2, 0) is 9.84 Å². The first kappa shape index (κ1) is 15.5. The van der Waals surface area contributed by atoms with Gasteiger partial charge in [-0.05, 0) is 38.4 Å². The number of hydrogen-bond acceptors (Lipinski definition) is 6. The molecule has 0 saturated heterocycles. The van der Waals surface area contributed by atoms with E-state index in [2.05, 4.69) is 15.3 Å². The number of anilines is 1. The van der Waals surface area contributed by atoms with Crippen LogP contribution < -0.4 is 5.32 Å². The number of rotatable bonds is 4. The summed E-state index contributed by atoms with van der Waals surface area (Å²) >= 11 is 7.42. The van der Waals surface area contributed by atoms with E-state index in [0.29, 0.717) is 5.82 Å². The second-order valence-electron chi connectivity index (χ2n) is 5.30. The smallest absolute Gasteiger partial charge is 0.225 e. The second kappa shape index (κ2) is 5.13. The predicted octanol–water partition coefficient (Wildman–Crippen LogP) is 2.89. The zero-order valence-corrected chi connectivity index (χ0v) is 14.1. The zero-order chi connectivity index (χ0) is 15.1. The van der Waals surface area contributed by atoms with Crippen LogP contribution in [-0.4, -0.2) is 35.9 Å². The van der Waals surface area contributed by atoms with E-state index in [1.807, 2.05) is 13.0 Å². The summed E-state index contributed by atoms with van der Waals surface area (Å²) in [5, 5.41) is 4.09. The van der Waals surface area contributed by atoms with Crippen LogP contribution in [0.2, 0.25) is 5.28 Å². The molecule has 110 valence electrons. The monoisotopic (exact) mass is 333 g/mol. The van der Waals surface area contributed by atoms with Crippen LogP contribution in [0.5, 0.6) is 0 Å². The lowest BCUT2D eigenvalue weighted by Gasteiger charge is -2.23. The first-order valence-corrected chi connectivity index (χ1v) is 9.06. The Kier molecular flexibility index (Phi) is 3.96. The summed E-state index contributed by atoms with van der Waals surface area (Å²) < 4.78 is 22.5. The van der Waals surface area contributed by atoms with Crippen molar-refractivity contribution in [2.24, 2.45) is 0 Å². The molecule has 0 amide bonds. The van der Waals surface area contributed by atoms with Gasteiger partial charge in [0, 0.05) is 17.7 Å². The fourth-order valence-electron chi connectivity index (χ4n) is 1.58. The Morgan fingerprint density at radius 1 is 1.40 bits per heavy atom. The van der Waals surface area contributed by atoms with Gasteiger partial charge >= 0.3 is 0 Å². The van der Waals surface area contributed by atoms with Crippen LogP contribution >= 0.6 is 22.9 Å². The van der Waals surface area contributed by atoms with Gasteiger partial charge in [-0.25, -0.2) is 18.4 Å². The number of hydrogen-bond donors (Lipinski definition) is 1. The van der Waals surface area contributed by atoms with Gasteiger partial charge in [0.2, 0.25) is 5.28 Å². The number of nitrogens with zero attached hydrogens (tertiary/aromatic N) is 2. The van der Waals surface area contributed by atoms with E-state index < -0.39 is 14.6 Å². The van der Waals surface area contributed by atoms with Gasteiger partial charge in [-0.1, -0.05) is 0 Å². The minimum Gasteiger partial charge on any atom is -0.368 e. The average Bonchev–Trinajstić information content (AvgIpc) is 2.64. The lowest BCUT2D eigenvalue weighted by molar-refractivity contribution is 0.559. The highest BCUT2D eigenvalue weighted by Gasteiger charge is 2.30. The first-order chi connectivity index (χ1) is 9.10. The van der Waals surface area contributed by atoms with E-state index in [9.17, 15) is 8.42 Å². The number of thiophene rings is 1. The van der Waals surface area contributed by atoms with Gasteiger partial charge in [-0.3, -0.25) is 0 Å². The Bertz CT molecular complexity index is 753. The Hall–Kier alpha value is -0.920. The van der Waals surface area contributed by atoms with E-state index in [1.165, 1.54) is 17.6 Å². The van der Waals surface area contributed by atoms with E-state index in [1.54, 1.807) is 13.8 Å². The van der Waals surface area contributed by atoms with Crippen molar-refractivity contribution >= 4 is 48.8 Å². The maximum atomic E-state index is 11.7. The Morgan fingerprint density at radius 3 is 2.65 bits per heavy atom. The van der Waals surface area contributed by atoms with Gasteiger partial charge in [-0.15, -0.1) is 11.3 Å². The van der Waals surface area contributed by atoms with Crippen molar-refractivity contribution in [1.82, 2.24) is 9.97 Å². The number of halogens is 1. The molecular formula is C12H16ClN3O2S2. The third-order valence-corrected chi connectivity index (χ3v) is 6.44. The molecule has 5 nitrogen and oxygen atoms in total. The summed E-state index contributed by atoms with van der Waals surface area (Å²) in [7, 11) is -3.17. The number of nitrogens with one attached hydrogen (secondary N) is 1. The third-order valence-electron chi connectivity index (χ3n) is 3.17. The molecule has 0 bridgehead atoms. The minimum atomic E-state index is -3.17. The predicted molar refractivity (Wildman–Crippen MR) is 84.6 cm³/mol. The van der Waals surface area contributed by atoms with Crippen molar-refractivity contribution < 1.29 is 8.42 Å². The molecule has 0 fully saturated rings. The molecule has 0 atom stereocenters. The van der Waals surface area contributed by atoms with Crippen LogP contribution in [0.25, 0.3) is 10.2 Å². The average molecular weight is 334 g/mol. The Balaban J connectivity index is 2.35. The summed E-state index contributed by atoms with van der Waals surface area (Å²) in [5.74, 6) is 0.570. The van der Waals surface area contributed by atoms with Gasteiger partial charge in [-0.2, -0.15) is 0 Å². The molecule has 0 aliphatic rings. The molecule has 2 heterocycles. The van der Waals surface area contributed by atoms with Crippen molar-refractivity contribution in [3.8, 4) is 0 Å². The van der Waals surface area contributed by atoms with E-state index in [4.69, 9.17) is 11.6 Å². The molecule has 0 aromatic carbocycles. The van der Waals surface area contributed by atoms with Crippen LogP contribution in [0, 0.1) is 6.92 Å². The van der Waals surface area contributed by atoms with Gasteiger partial charge in [0.15, 0.2) is 9.84 Å². The van der Waals surface area contributed by atoms with E-state index >= 15 is 0 Å². The van der Waals surface area contributed by atoms with Gasteiger partial charge in [0.05, 0.1) is 10.1 Å². The van der Waals surface area contributed by atoms with Crippen LogP contribution in [0.4, 0.5) is 5.82 Å². The molecule has 0 aliphatic carbocycles. The summed E-state index contributed by atoms with van der Waals surface area (Å²) in [6, 6.07) is 1.96. The molecule has 0 radical (unpaired) electrons. The number of aromatic nitrogens is 2. The van der Waals surface area contributed by atoms with Crippen molar-refractivity contribution in [3.63, 3.8) is 0 Å². The lowest BCUT2D eigenvalue weighted by atomic mass is 10.2. The van der Waals surface area contributed by atoms with Gasteiger partial charge in [0.1, 0.15) is 10.6 Å². The molecule has 8 heteroatoms. The van der Waals surface area contributed by atoms with Crippen LogP contribution in [0.3, 0.4) is 0 Å². The molecule has 20 heavy (non-hydrogen) atoms. The molecule has 2 aromatic heterocycles. The zero-order valence-electron chi connectivity index (χ0n) is 11.7. The highest BCUT2D eigenvalue weighted by molar-refractivity contribution is 7.92. The summed E-state index contributed by atoms with van der Waals surface area (Å²) in [6.07, 6.45) is 1.23. The maximum absolute atomic E-state index is 11.7. The fraction of sp³-hybridized carbons (Fsp3) is 0.500. The molecule has 0 unspecified atom stereocenters. The van der Waals surface area contributed by atoms with Crippen molar-refractivity contribution in [2.75, 3.05) is 18.1 Å². The first-order valence-electron chi connectivity index (χ1n) is 5.97. The Labute approximate surface area is 127 Å². The minimum absolute atomic E-state index is 0.152.